The molecule has 0 radical (unpaired) electrons. The summed E-state index contributed by atoms with van der Waals surface area (Å²) in [7, 11) is -3.03. The third-order valence-corrected chi connectivity index (χ3v) is 5.81. The Bertz CT molecular complexity index is 897. The summed E-state index contributed by atoms with van der Waals surface area (Å²) in [6.07, 6.45) is -4.88. The molecule has 0 saturated carbocycles. The summed E-state index contributed by atoms with van der Waals surface area (Å²) < 4.78 is 56.4. The molecule has 8 nitrogen and oxygen atoms in total. The molecule has 0 aromatic heterocycles. The van der Waals surface area contributed by atoms with Gasteiger partial charge in [-0.25, -0.2) is 8.42 Å². The first-order valence-electron chi connectivity index (χ1n) is 9.98. The van der Waals surface area contributed by atoms with Crippen LogP contribution in [0.2, 0.25) is 0 Å². The zero-order chi connectivity index (χ0) is 22.3. The van der Waals surface area contributed by atoms with E-state index in [1.54, 1.807) is 0 Å². The molecule has 3 rings (SSSR count). The summed E-state index contributed by atoms with van der Waals surface area (Å²) in [5.74, 6) is -0.661. The molecular weight excluding hydrogens is 447 g/mol. The maximum absolute atomic E-state index is 11.1. The number of methoxy groups -OCH3 is 1. The topological polar surface area (TPSA) is 114 Å². The van der Waals surface area contributed by atoms with Crippen LogP contribution in [0.25, 0.3) is 0 Å². The van der Waals surface area contributed by atoms with Gasteiger partial charge in [0, 0.05) is 12.9 Å². The van der Waals surface area contributed by atoms with Crippen LogP contribution >= 0.6 is 0 Å². The van der Waals surface area contributed by atoms with Gasteiger partial charge in [-0.15, -0.1) is 0 Å². The van der Waals surface area contributed by atoms with Crippen molar-refractivity contribution in [2.45, 2.75) is 50.3 Å². The zero-order valence-electron chi connectivity index (χ0n) is 18.2. The molecular formula is C22H27NaO8S. The van der Waals surface area contributed by atoms with Crippen molar-refractivity contribution in [1.82, 2.24) is 0 Å². The van der Waals surface area contributed by atoms with Crippen LogP contribution in [-0.4, -0.2) is 61.6 Å². The first-order valence-corrected chi connectivity index (χ1v) is 11.6. The smallest absolute Gasteiger partial charge is 0.748 e. The second kappa shape index (κ2) is 13.1. The first-order chi connectivity index (χ1) is 14.9. The summed E-state index contributed by atoms with van der Waals surface area (Å²) in [5, 5.41) is 10.9. The van der Waals surface area contributed by atoms with Gasteiger partial charge in [0.2, 0.25) is 0 Å². The Labute approximate surface area is 210 Å². The van der Waals surface area contributed by atoms with Crippen molar-refractivity contribution in [2.75, 3.05) is 12.9 Å². The maximum Gasteiger partial charge on any atom is 1.00 e. The van der Waals surface area contributed by atoms with Crippen molar-refractivity contribution in [3.05, 3.63) is 71.8 Å². The normalized spacial score (nSPS) is 25.8. The molecule has 1 heterocycles. The van der Waals surface area contributed by atoms with Gasteiger partial charge in [-0.3, -0.25) is 0 Å². The SMILES string of the molecule is CO[C@H]1O[C@H](CCS(=O)(=O)[O-])[C@@H](O)[C@H](OCc2ccccc2)[C@H]1OCc1ccccc1.[Na+]. The molecule has 0 unspecified atom stereocenters. The van der Waals surface area contributed by atoms with E-state index in [0.29, 0.717) is 0 Å². The summed E-state index contributed by atoms with van der Waals surface area (Å²) in [5.41, 5.74) is 1.82. The molecule has 10 heteroatoms. The largest absolute Gasteiger partial charge is 1.00 e. The van der Waals surface area contributed by atoms with Crippen molar-refractivity contribution >= 4 is 10.1 Å². The predicted octanol–water partition coefficient (Wildman–Crippen LogP) is -1.17. The van der Waals surface area contributed by atoms with Gasteiger partial charge < -0.3 is 28.6 Å². The van der Waals surface area contributed by atoms with Crippen LogP contribution in [0, 0.1) is 0 Å². The molecule has 0 bridgehead atoms. The molecule has 32 heavy (non-hydrogen) atoms. The van der Waals surface area contributed by atoms with E-state index in [-0.39, 0.29) is 49.2 Å². The Morgan fingerprint density at radius 3 is 1.91 bits per heavy atom. The van der Waals surface area contributed by atoms with E-state index in [1.807, 2.05) is 60.7 Å². The van der Waals surface area contributed by atoms with E-state index >= 15 is 0 Å². The molecule has 0 amide bonds. The van der Waals surface area contributed by atoms with Gasteiger partial charge in [-0.1, -0.05) is 60.7 Å². The summed E-state index contributed by atoms with van der Waals surface area (Å²) in [6, 6.07) is 18.9. The average Bonchev–Trinajstić information content (AvgIpc) is 2.77. The summed E-state index contributed by atoms with van der Waals surface area (Å²) in [6.45, 7) is 0.447. The van der Waals surface area contributed by atoms with Crippen LogP contribution < -0.4 is 29.6 Å². The molecule has 2 aromatic carbocycles. The van der Waals surface area contributed by atoms with Crippen molar-refractivity contribution in [1.29, 1.82) is 0 Å². The Morgan fingerprint density at radius 2 is 1.44 bits per heavy atom. The Morgan fingerprint density at radius 1 is 0.938 bits per heavy atom. The Balaban J connectivity index is 0.00000363. The first kappa shape index (κ1) is 27.4. The molecule has 1 aliphatic rings. The minimum absolute atomic E-state index is 0. The zero-order valence-corrected chi connectivity index (χ0v) is 21.0. The fourth-order valence-corrected chi connectivity index (χ4v) is 4.00. The number of rotatable bonds is 10. The number of ether oxygens (including phenoxy) is 4. The minimum atomic E-state index is -4.46. The monoisotopic (exact) mass is 474 g/mol. The van der Waals surface area contributed by atoms with Crippen LogP contribution in [-0.2, 0) is 42.3 Å². The van der Waals surface area contributed by atoms with Crippen LogP contribution in [0.4, 0.5) is 0 Å². The van der Waals surface area contributed by atoms with E-state index in [9.17, 15) is 18.1 Å². The molecule has 1 fully saturated rings. The quantitative estimate of drug-likeness (QED) is 0.339. The number of aliphatic hydroxyl groups excluding tert-OH is 1. The standard InChI is InChI=1S/C22H28O8S.Na/c1-27-22-21(29-15-17-10-6-3-7-11-17)20(28-14-16-8-4-2-5-9-16)19(23)18(30-22)12-13-31(24,25)26;/h2-11,18-23H,12-15H2,1H3,(H,24,25,26);/q;+1/p-1/t18-,19-,20+,21-,22+;/m1./s1. The van der Waals surface area contributed by atoms with Crippen LogP contribution in [0.5, 0.6) is 0 Å². The van der Waals surface area contributed by atoms with E-state index in [0.717, 1.165) is 11.1 Å². The summed E-state index contributed by atoms with van der Waals surface area (Å²) >= 11 is 0. The third kappa shape index (κ3) is 8.18. The number of aliphatic hydroxyl groups is 1. The number of benzene rings is 2. The molecule has 0 aliphatic carbocycles. The second-order valence-electron chi connectivity index (χ2n) is 7.34. The van der Waals surface area contributed by atoms with Crippen molar-refractivity contribution in [2.24, 2.45) is 0 Å². The molecule has 1 aliphatic heterocycles. The summed E-state index contributed by atoms with van der Waals surface area (Å²) in [4.78, 5) is 0. The molecule has 5 atom stereocenters. The van der Waals surface area contributed by atoms with Gasteiger partial charge in [0.15, 0.2) is 6.29 Å². The Hall–Kier alpha value is -0.850. The third-order valence-electron chi connectivity index (χ3n) is 5.07. The van der Waals surface area contributed by atoms with Crippen LogP contribution in [0.3, 0.4) is 0 Å². The fourth-order valence-electron chi connectivity index (χ4n) is 3.48. The fraction of sp³-hybridized carbons (Fsp3) is 0.455. The minimum Gasteiger partial charge on any atom is -0.748 e. The Kier molecular flexibility index (Phi) is 11.3. The van der Waals surface area contributed by atoms with E-state index in [1.165, 1.54) is 7.11 Å². The second-order valence-corrected chi connectivity index (χ2v) is 8.87. The maximum atomic E-state index is 11.1. The van der Waals surface area contributed by atoms with Crippen LogP contribution in [0.15, 0.2) is 60.7 Å². The van der Waals surface area contributed by atoms with Gasteiger partial charge in [0.1, 0.15) is 18.3 Å². The van der Waals surface area contributed by atoms with Crippen molar-refractivity contribution < 1.29 is 66.6 Å². The van der Waals surface area contributed by atoms with E-state index in [2.05, 4.69) is 0 Å². The van der Waals surface area contributed by atoms with E-state index < -0.39 is 46.6 Å². The molecule has 1 saturated heterocycles. The van der Waals surface area contributed by atoms with Crippen LogP contribution in [0.1, 0.15) is 17.5 Å². The van der Waals surface area contributed by atoms with Gasteiger partial charge in [0.25, 0.3) is 0 Å². The molecule has 170 valence electrons. The van der Waals surface area contributed by atoms with Gasteiger partial charge in [-0.2, -0.15) is 0 Å². The number of hydrogen-bond acceptors (Lipinski definition) is 8. The molecule has 0 spiro atoms. The molecule has 2 aromatic rings. The van der Waals surface area contributed by atoms with Crippen molar-refractivity contribution in [3.8, 4) is 0 Å². The van der Waals surface area contributed by atoms with Crippen molar-refractivity contribution in [3.63, 3.8) is 0 Å². The van der Waals surface area contributed by atoms with Gasteiger partial charge >= 0.3 is 29.6 Å². The van der Waals surface area contributed by atoms with Gasteiger partial charge in [-0.05, 0) is 17.5 Å². The average molecular weight is 475 g/mol. The van der Waals surface area contributed by atoms with Gasteiger partial charge in [0.05, 0.1) is 29.4 Å². The predicted molar refractivity (Wildman–Crippen MR) is 111 cm³/mol. The molecule has 1 N–H and O–H groups in total. The van der Waals surface area contributed by atoms with E-state index in [4.69, 9.17) is 18.9 Å². The number of hydrogen-bond donors (Lipinski definition) is 1.